The average molecular weight is 427 g/mol. The number of amides is 2. The smallest absolute Gasteiger partial charge is 0.253 e. The summed E-state index contributed by atoms with van der Waals surface area (Å²) in [7, 11) is 0. The van der Waals surface area contributed by atoms with Crippen molar-refractivity contribution in [3.63, 3.8) is 0 Å². The lowest BCUT2D eigenvalue weighted by atomic mass is 10.1. The van der Waals surface area contributed by atoms with Gasteiger partial charge in [0.05, 0.1) is 17.8 Å². The first-order chi connectivity index (χ1) is 14.6. The fourth-order valence-corrected chi connectivity index (χ4v) is 3.75. The van der Waals surface area contributed by atoms with Crippen LogP contribution in [0.4, 0.5) is 5.69 Å². The summed E-state index contributed by atoms with van der Waals surface area (Å²) in [5, 5.41) is 6.65. The fraction of sp³-hybridized carbons (Fsp3) is 0.391. The zero-order valence-electron chi connectivity index (χ0n) is 16.9. The SMILES string of the molecule is O=C(CN1CCN(Cc2ccc(Cl)cc2)CC1)Nc1ccccc1C(=O)NC1CC1. The number of anilines is 1. The largest absolute Gasteiger partial charge is 0.349 e. The van der Waals surface area contributed by atoms with Gasteiger partial charge in [0.2, 0.25) is 5.91 Å². The monoisotopic (exact) mass is 426 g/mol. The summed E-state index contributed by atoms with van der Waals surface area (Å²) in [6.07, 6.45) is 2.06. The molecule has 0 unspecified atom stereocenters. The Hall–Kier alpha value is -2.41. The molecule has 2 aliphatic rings. The van der Waals surface area contributed by atoms with Gasteiger partial charge in [-0.3, -0.25) is 19.4 Å². The number of carbonyl (C=O) groups is 2. The molecule has 2 aromatic carbocycles. The molecule has 0 aromatic heterocycles. The third-order valence-electron chi connectivity index (χ3n) is 5.51. The molecule has 0 spiro atoms. The summed E-state index contributed by atoms with van der Waals surface area (Å²) in [4.78, 5) is 29.5. The van der Waals surface area contributed by atoms with E-state index in [1.807, 2.05) is 24.3 Å². The lowest BCUT2D eigenvalue weighted by Gasteiger charge is -2.34. The van der Waals surface area contributed by atoms with Crippen LogP contribution in [0.25, 0.3) is 0 Å². The Morgan fingerprint density at radius 1 is 0.933 bits per heavy atom. The molecule has 0 bridgehead atoms. The number of hydrogen-bond donors (Lipinski definition) is 2. The molecule has 1 aliphatic carbocycles. The summed E-state index contributed by atoms with van der Waals surface area (Å²) < 4.78 is 0. The molecule has 7 heteroatoms. The normalized spacial score (nSPS) is 17.5. The van der Waals surface area contributed by atoms with Crippen LogP contribution in [0.1, 0.15) is 28.8 Å². The molecule has 2 aromatic rings. The zero-order chi connectivity index (χ0) is 20.9. The van der Waals surface area contributed by atoms with Crippen LogP contribution in [0.3, 0.4) is 0 Å². The van der Waals surface area contributed by atoms with Gasteiger partial charge in [0.15, 0.2) is 0 Å². The molecule has 1 heterocycles. The second-order valence-electron chi connectivity index (χ2n) is 8.02. The molecular formula is C23H27ClN4O2. The summed E-state index contributed by atoms with van der Waals surface area (Å²) in [5.74, 6) is -0.211. The highest BCUT2D eigenvalue weighted by Gasteiger charge is 2.25. The first-order valence-corrected chi connectivity index (χ1v) is 10.8. The maximum absolute atomic E-state index is 12.6. The maximum Gasteiger partial charge on any atom is 0.253 e. The van der Waals surface area contributed by atoms with Crippen molar-refractivity contribution in [1.29, 1.82) is 0 Å². The van der Waals surface area contributed by atoms with Gasteiger partial charge in [0, 0.05) is 43.8 Å². The Morgan fingerprint density at radius 2 is 1.60 bits per heavy atom. The number of nitrogens with zero attached hydrogens (tertiary/aromatic N) is 2. The second kappa shape index (κ2) is 9.60. The van der Waals surface area contributed by atoms with E-state index >= 15 is 0 Å². The minimum atomic E-state index is -0.121. The topological polar surface area (TPSA) is 64.7 Å². The van der Waals surface area contributed by atoms with E-state index in [-0.39, 0.29) is 17.9 Å². The predicted molar refractivity (Wildman–Crippen MR) is 119 cm³/mol. The van der Waals surface area contributed by atoms with Gasteiger partial charge in [-0.05, 0) is 42.7 Å². The number of nitrogens with one attached hydrogen (secondary N) is 2. The molecule has 2 N–H and O–H groups in total. The molecule has 2 amide bonds. The van der Waals surface area contributed by atoms with Gasteiger partial charge in [0.25, 0.3) is 5.91 Å². The molecule has 0 radical (unpaired) electrons. The van der Waals surface area contributed by atoms with Crippen molar-refractivity contribution in [2.45, 2.75) is 25.4 Å². The van der Waals surface area contributed by atoms with Gasteiger partial charge >= 0.3 is 0 Å². The van der Waals surface area contributed by atoms with E-state index in [0.717, 1.165) is 50.6 Å². The number of benzene rings is 2. The summed E-state index contributed by atoms with van der Waals surface area (Å²) in [6.45, 7) is 4.72. The lowest BCUT2D eigenvalue weighted by Crippen LogP contribution is -2.48. The zero-order valence-corrected chi connectivity index (χ0v) is 17.7. The number of piperazine rings is 1. The highest BCUT2D eigenvalue weighted by atomic mass is 35.5. The Morgan fingerprint density at radius 3 is 2.30 bits per heavy atom. The van der Waals surface area contributed by atoms with Crippen LogP contribution in [0.2, 0.25) is 5.02 Å². The van der Waals surface area contributed by atoms with Crippen molar-refractivity contribution >= 4 is 29.1 Å². The quantitative estimate of drug-likeness (QED) is 0.714. The molecule has 1 aliphatic heterocycles. The van der Waals surface area contributed by atoms with Gasteiger partial charge in [-0.25, -0.2) is 0 Å². The molecule has 0 atom stereocenters. The van der Waals surface area contributed by atoms with Gasteiger partial charge in [-0.2, -0.15) is 0 Å². The van der Waals surface area contributed by atoms with E-state index in [9.17, 15) is 9.59 Å². The molecular weight excluding hydrogens is 400 g/mol. The van der Waals surface area contributed by atoms with Crippen LogP contribution in [-0.4, -0.2) is 60.4 Å². The Kier molecular flexibility index (Phi) is 6.67. The molecule has 2 fully saturated rings. The Bertz CT molecular complexity index is 890. The van der Waals surface area contributed by atoms with Crippen LogP contribution >= 0.6 is 11.6 Å². The van der Waals surface area contributed by atoms with Crippen LogP contribution in [-0.2, 0) is 11.3 Å². The first kappa shape index (κ1) is 20.8. The van der Waals surface area contributed by atoms with Gasteiger partial charge in [0.1, 0.15) is 0 Å². The summed E-state index contributed by atoms with van der Waals surface area (Å²) in [5.41, 5.74) is 2.33. The van der Waals surface area contributed by atoms with Gasteiger partial charge in [-0.1, -0.05) is 35.9 Å². The van der Waals surface area contributed by atoms with Crippen LogP contribution in [0, 0.1) is 0 Å². The molecule has 4 rings (SSSR count). The Labute approximate surface area is 182 Å². The van der Waals surface area contributed by atoms with Crippen LogP contribution in [0.15, 0.2) is 48.5 Å². The average Bonchev–Trinajstić information content (AvgIpc) is 3.55. The van der Waals surface area contributed by atoms with Crippen molar-refractivity contribution in [1.82, 2.24) is 15.1 Å². The van der Waals surface area contributed by atoms with Crippen molar-refractivity contribution in [2.24, 2.45) is 0 Å². The molecule has 6 nitrogen and oxygen atoms in total. The van der Waals surface area contributed by atoms with E-state index in [1.54, 1.807) is 12.1 Å². The van der Waals surface area contributed by atoms with Crippen molar-refractivity contribution in [3.05, 3.63) is 64.7 Å². The van der Waals surface area contributed by atoms with E-state index in [2.05, 4.69) is 32.6 Å². The highest BCUT2D eigenvalue weighted by molar-refractivity contribution is 6.30. The second-order valence-corrected chi connectivity index (χ2v) is 8.46. The molecule has 30 heavy (non-hydrogen) atoms. The standard InChI is InChI=1S/C23H27ClN4O2/c24-18-7-5-17(6-8-18)15-27-11-13-28(14-12-27)16-22(29)26-21-4-2-1-3-20(21)23(30)25-19-9-10-19/h1-8,19H,9-16H2,(H,25,30)(H,26,29). The summed E-state index contributed by atoms with van der Waals surface area (Å²) in [6, 6.07) is 15.4. The van der Waals surface area contributed by atoms with Crippen molar-refractivity contribution < 1.29 is 9.59 Å². The fourth-order valence-electron chi connectivity index (χ4n) is 3.63. The number of rotatable bonds is 7. The van der Waals surface area contributed by atoms with Crippen LogP contribution in [0.5, 0.6) is 0 Å². The van der Waals surface area contributed by atoms with E-state index in [4.69, 9.17) is 11.6 Å². The van der Waals surface area contributed by atoms with Crippen molar-refractivity contribution in [3.8, 4) is 0 Å². The number of carbonyl (C=O) groups excluding carboxylic acids is 2. The Balaban J connectivity index is 1.25. The van der Waals surface area contributed by atoms with Crippen molar-refractivity contribution in [2.75, 3.05) is 38.0 Å². The molecule has 1 saturated heterocycles. The third-order valence-corrected chi connectivity index (χ3v) is 5.76. The van der Waals surface area contributed by atoms with E-state index in [0.29, 0.717) is 17.8 Å². The first-order valence-electron chi connectivity index (χ1n) is 10.5. The maximum atomic E-state index is 12.6. The predicted octanol–water partition coefficient (Wildman–Crippen LogP) is 2.99. The van der Waals surface area contributed by atoms with E-state index < -0.39 is 0 Å². The van der Waals surface area contributed by atoms with Gasteiger partial charge in [-0.15, -0.1) is 0 Å². The highest BCUT2D eigenvalue weighted by Crippen LogP contribution is 2.21. The summed E-state index contributed by atoms with van der Waals surface area (Å²) >= 11 is 5.95. The number of hydrogen-bond acceptors (Lipinski definition) is 4. The van der Waals surface area contributed by atoms with E-state index in [1.165, 1.54) is 5.56 Å². The lowest BCUT2D eigenvalue weighted by molar-refractivity contribution is -0.117. The molecule has 1 saturated carbocycles. The number of para-hydroxylation sites is 1. The third kappa shape index (κ3) is 5.81. The van der Waals surface area contributed by atoms with Gasteiger partial charge < -0.3 is 10.6 Å². The number of halogens is 1. The minimum Gasteiger partial charge on any atom is -0.349 e. The van der Waals surface area contributed by atoms with Crippen LogP contribution < -0.4 is 10.6 Å². The minimum absolute atomic E-state index is 0.0900. The molecule has 158 valence electrons.